The molecule has 1 aliphatic rings. The van der Waals surface area contributed by atoms with Gasteiger partial charge in [-0.25, -0.2) is 5.32 Å². The third-order valence-electron chi connectivity index (χ3n) is 2.35. The zero-order valence-corrected chi connectivity index (χ0v) is 8.29. The van der Waals surface area contributed by atoms with Crippen molar-refractivity contribution < 1.29 is 4.79 Å². The van der Waals surface area contributed by atoms with Crippen molar-refractivity contribution in [3.05, 3.63) is 0 Å². The van der Waals surface area contributed by atoms with E-state index in [0.29, 0.717) is 0 Å². The molecular formula is C9H18N3O. The van der Waals surface area contributed by atoms with Gasteiger partial charge in [0.15, 0.2) is 0 Å². The second-order valence-electron chi connectivity index (χ2n) is 3.89. The fourth-order valence-electron chi connectivity index (χ4n) is 1.30. The molecule has 1 heterocycles. The first-order chi connectivity index (χ1) is 6.11. The van der Waals surface area contributed by atoms with Crippen molar-refractivity contribution in [3.63, 3.8) is 0 Å². The summed E-state index contributed by atoms with van der Waals surface area (Å²) in [5.41, 5.74) is 5.70. The van der Waals surface area contributed by atoms with Crippen LogP contribution in [0.15, 0.2) is 0 Å². The predicted molar refractivity (Wildman–Crippen MR) is 51.2 cm³/mol. The van der Waals surface area contributed by atoms with Crippen LogP contribution in [0.3, 0.4) is 0 Å². The number of amides is 1. The SMILES string of the molecule is CC(C)[C@H](N)C(=O)NC1CC[N]C1. The van der Waals surface area contributed by atoms with Crippen molar-refractivity contribution in [2.75, 3.05) is 13.1 Å². The quantitative estimate of drug-likeness (QED) is 0.618. The van der Waals surface area contributed by atoms with Gasteiger partial charge in [0.05, 0.1) is 6.04 Å². The van der Waals surface area contributed by atoms with Gasteiger partial charge in [-0.15, -0.1) is 0 Å². The van der Waals surface area contributed by atoms with Crippen molar-refractivity contribution in [1.82, 2.24) is 10.6 Å². The van der Waals surface area contributed by atoms with E-state index in [-0.39, 0.29) is 23.9 Å². The highest BCUT2D eigenvalue weighted by Crippen LogP contribution is 2.02. The van der Waals surface area contributed by atoms with E-state index >= 15 is 0 Å². The molecule has 0 spiro atoms. The van der Waals surface area contributed by atoms with Gasteiger partial charge in [-0.05, 0) is 12.3 Å². The summed E-state index contributed by atoms with van der Waals surface area (Å²) in [6, 6.07) is -0.169. The summed E-state index contributed by atoms with van der Waals surface area (Å²) in [7, 11) is 0. The highest BCUT2D eigenvalue weighted by Gasteiger charge is 2.22. The molecule has 0 aliphatic carbocycles. The normalized spacial score (nSPS) is 24.8. The minimum Gasteiger partial charge on any atom is -0.351 e. The molecule has 1 unspecified atom stereocenters. The first-order valence-corrected chi connectivity index (χ1v) is 4.80. The molecular weight excluding hydrogens is 166 g/mol. The van der Waals surface area contributed by atoms with Crippen LogP contribution in [0.4, 0.5) is 0 Å². The Morgan fingerprint density at radius 2 is 2.31 bits per heavy atom. The van der Waals surface area contributed by atoms with Gasteiger partial charge in [-0.3, -0.25) is 4.79 Å². The number of nitrogens with zero attached hydrogens (tertiary/aromatic N) is 1. The lowest BCUT2D eigenvalue weighted by atomic mass is 10.0. The molecule has 0 bridgehead atoms. The van der Waals surface area contributed by atoms with Crippen molar-refractivity contribution in [2.24, 2.45) is 11.7 Å². The Balaban J connectivity index is 2.31. The van der Waals surface area contributed by atoms with E-state index < -0.39 is 0 Å². The third kappa shape index (κ3) is 2.97. The summed E-state index contributed by atoms with van der Waals surface area (Å²) in [4.78, 5) is 11.5. The summed E-state index contributed by atoms with van der Waals surface area (Å²) in [6.45, 7) is 5.50. The predicted octanol–water partition coefficient (Wildman–Crippen LogP) is -0.537. The number of carbonyl (C=O) groups is 1. The van der Waals surface area contributed by atoms with E-state index in [1.165, 1.54) is 0 Å². The van der Waals surface area contributed by atoms with Gasteiger partial charge in [-0.1, -0.05) is 13.8 Å². The minimum atomic E-state index is -0.388. The van der Waals surface area contributed by atoms with E-state index in [1.807, 2.05) is 13.8 Å². The molecule has 0 aromatic rings. The average molecular weight is 184 g/mol. The molecule has 1 radical (unpaired) electrons. The Kier molecular flexibility index (Phi) is 3.69. The maximum Gasteiger partial charge on any atom is 0.237 e. The topological polar surface area (TPSA) is 69.2 Å². The Labute approximate surface area is 79.3 Å². The van der Waals surface area contributed by atoms with Crippen molar-refractivity contribution in [2.45, 2.75) is 32.4 Å². The number of nitrogens with two attached hydrogens (primary N) is 1. The van der Waals surface area contributed by atoms with E-state index in [2.05, 4.69) is 10.6 Å². The van der Waals surface area contributed by atoms with E-state index in [1.54, 1.807) is 0 Å². The van der Waals surface area contributed by atoms with Crippen LogP contribution >= 0.6 is 0 Å². The Morgan fingerprint density at radius 1 is 1.62 bits per heavy atom. The lowest BCUT2D eigenvalue weighted by Crippen LogP contribution is -2.48. The maximum absolute atomic E-state index is 11.5. The van der Waals surface area contributed by atoms with Crippen LogP contribution in [0.1, 0.15) is 20.3 Å². The van der Waals surface area contributed by atoms with E-state index in [4.69, 9.17) is 5.73 Å². The zero-order valence-electron chi connectivity index (χ0n) is 8.29. The van der Waals surface area contributed by atoms with Crippen LogP contribution in [0, 0.1) is 5.92 Å². The summed E-state index contributed by atoms with van der Waals surface area (Å²) < 4.78 is 0. The monoisotopic (exact) mass is 184 g/mol. The molecule has 75 valence electrons. The van der Waals surface area contributed by atoms with Gasteiger partial charge in [-0.2, -0.15) is 0 Å². The van der Waals surface area contributed by atoms with E-state index in [9.17, 15) is 4.79 Å². The number of carbonyl (C=O) groups excluding carboxylic acids is 1. The number of hydrogen-bond donors (Lipinski definition) is 2. The van der Waals surface area contributed by atoms with E-state index in [0.717, 1.165) is 19.5 Å². The molecule has 1 saturated heterocycles. The highest BCUT2D eigenvalue weighted by atomic mass is 16.2. The standard InChI is InChI=1S/C9H18N3O/c1-6(2)8(10)9(13)12-7-3-4-11-5-7/h6-8H,3-5,10H2,1-2H3,(H,12,13)/t7?,8-/m0/s1. The van der Waals surface area contributed by atoms with Crippen LogP contribution < -0.4 is 16.4 Å². The summed E-state index contributed by atoms with van der Waals surface area (Å²) >= 11 is 0. The van der Waals surface area contributed by atoms with Crippen LogP contribution in [-0.4, -0.2) is 31.1 Å². The van der Waals surface area contributed by atoms with Gasteiger partial charge in [0, 0.05) is 19.1 Å². The third-order valence-corrected chi connectivity index (χ3v) is 2.35. The van der Waals surface area contributed by atoms with Crippen molar-refractivity contribution >= 4 is 5.91 Å². The summed E-state index contributed by atoms with van der Waals surface area (Å²) in [5, 5.41) is 7.07. The molecule has 0 aromatic carbocycles. The second kappa shape index (κ2) is 4.58. The van der Waals surface area contributed by atoms with Crippen molar-refractivity contribution in [3.8, 4) is 0 Å². The van der Waals surface area contributed by atoms with Gasteiger partial charge in [0.2, 0.25) is 5.91 Å². The van der Waals surface area contributed by atoms with Crippen LogP contribution in [0.25, 0.3) is 0 Å². The molecule has 4 nitrogen and oxygen atoms in total. The Hall–Kier alpha value is -0.610. The zero-order chi connectivity index (χ0) is 9.84. The van der Waals surface area contributed by atoms with Crippen LogP contribution in [0.2, 0.25) is 0 Å². The minimum absolute atomic E-state index is 0.0444. The highest BCUT2D eigenvalue weighted by molar-refractivity contribution is 5.82. The maximum atomic E-state index is 11.5. The average Bonchev–Trinajstić information content (AvgIpc) is 2.55. The summed E-state index contributed by atoms with van der Waals surface area (Å²) in [5.74, 6) is 0.149. The smallest absolute Gasteiger partial charge is 0.237 e. The molecule has 1 aliphatic heterocycles. The number of rotatable bonds is 3. The molecule has 13 heavy (non-hydrogen) atoms. The largest absolute Gasteiger partial charge is 0.351 e. The molecule has 3 N–H and O–H groups in total. The molecule has 0 saturated carbocycles. The molecule has 1 fully saturated rings. The van der Waals surface area contributed by atoms with Gasteiger partial charge >= 0.3 is 0 Å². The second-order valence-corrected chi connectivity index (χ2v) is 3.89. The first kappa shape index (κ1) is 10.5. The number of nitrogens with one attached hydrogen (secondary N) is 1. The molecule has 2 atom stereocenters. The lowest BCUT2D eigenvalue weighted by molar-refractivity contribution is -0.123. The van der Waals surface area contributed by atoms with Gasteiger partial charge in [0.1, 0.15) is 0 Å². The Morgan fingerprint density at radius 3 is 2.77 bits per heavy atom. The fourth-order valence-corrected chi connectivity index (χ4v) is 1.30. The Bertz CT molecular complexity index is 176. The lowest BCUT2D eigenvalue weighted by Gasteiger charge is -2.18. The van der Waals surface area contributed by atoms with Crippen molar-refractivity contribution in [1.29, 1.82) is 0 Å². The van der Waals surface area contributed by atoms with Crippen LogP contribution in [0.5, 0.6) is 0 Å². The summed E-state index contributed by atoms with van der Waals surface area (Å²) in [6.07, 6.45) is 0.955. The molecule has 1 amide bonds. The molecule has 4 heteroatoms. The fraction of sp³-hybridized carbons (Fsp3) is 0.889. The van der Waals surface area contributed by atoms with Gasteiger partial charge in [0.25, 0.3) is 0 Å². The molecule has 1 rings (SSSR count). The molecule has 0 aromatic heterocycles. The number of hydrogen-bond acceptors (Lipinski definition) is 2. The van der Waals surface area contributed by atoms with Crippen LogP contribution in [-0.2, 0) is 4.79 Å². The first-order valence-electron chi connectivity index (χ1n) is 4.80. The van der Waals surface area contributed by atoms with Gasteiger partial charge < -0.3 is 11.1 Å².